The van der Waals surface area contributed by atoms with E-state index in [2.05, 4.69) is 12.8 Å². The lowest BCUT2D eigenvalue weighted by Gasteiger charge is -2.42. The van der Waals surface area contributed by atoms with E-state index < -0.39 is 53.7 Å². The van der Waals surface area contributed by atoms with Crippen LogP contribution >= 0.6 is 0 Å². The first kappa shape index (κ1) is 53.9. The van der Waals surface area contributed by atoms with Crippen LogP contribution < -0.4 is 0 Å². The van der Waals surface area contributed by atoms with Crippen LogP contribution in [0.25, 0.3) is 0 Å². The summed E-state index contributed by atoms with van der Waals surface area (Å²) in [4.78, 5) is 72.8. The van der Waals surface area contributed by atoms with Gasteiger partial charge < -0.3 is 38.9 Å². The lowest BCUT2D eigenvalue weighted by molar-refractivity contribution is -0.265. The quantitative estimate of drug-likeness (QED) is 0.0519. The summed E-state index contributed by atoms with van der Waals surface area (Å²) in [5.74, 6) is -6.50. The second kappa shape index (κ2) is 29.2. The molecule has 0 bridgehead atoms. The molecule has 2 heterocycles. The van der Waals surface area contributed by atoms with Crippen LogP contribution in [0.2, 0.25) is 0 Å². The maximum Gasteiger partial charge on any atom is 0.326 e. The fourth-order valence-corrected chi connectivity index (χ4v) is 7.05. The number of amides is 1. The molecule has 2 fully saturated rings. The van der Waals surface area contributed by atoms with E-state index in [1.807, 2.05) is 70.9 Å². The standard InChI is InChI=1S/C42H65NO11.C2H2.CH2O/c1-9-10-20-32(44)24-22-30(4)37(52-7)38(53-8)36(45)29(3)19-15-13-11-12-14-18-28(2)35(51-6)27-33-25-23-31(5)42(50,54-33)39(46)40(47)43-26-17-16-21-34(43)41(48)49;2*1-2/h11-14,18,22,29,31,33-35,37-38,50H,9-10,15-17,19-21,23-27H2,1-8H3,(H,48,49);1-2H;1H2/b13-11+,14-12+,28-18+,30-22+;;/t29-,31-,33-,34+,35+,37-,38+,42-;;/m1../s1. The zero-order chi connectivity index (χ0) is 44.4. The second-order valence-electron chi connectivity index (χ2n) is 14.8. The highest BCUT2D eigenvalue weighted by molar-refractivity contribution is 6.39. The van der Waals surface area contributed by atoms with Gasteiger partial charge in [-0.25, -0.2) is 4.79 Å². The van der Waals surface area contributed by atoms with Crippen molar-refractivity contribution < 1.29 is 57.9 Å². The fraction of sp³-hybridized carbons (Fsp3) is 0.644. The molecule has 0 aromatic rings. The van der Waals surface area contributed by atoms with Crippen molar-refractivity contribution in [3.05, 3.63) is 47.6 Å². The summed E-state index contributed by atoms with van der Waals surface area (Å²) in [6.45, 7) is 11.5. The summed E-state index contributed by atoms with van der Waals surface area (Å²) in [6, 6.07) is -1.10. The summed E-state index contributed by atoms with van der Waals surface area (Å²) in [6.07, 6.45) is 23.9. The number of methoxy groups -OCH3 is 3. The number of Topliss-reactive ketones (excluding diaryl/α,β-unsaturated/α-hetero) is 3. The Morgan fingerprint density at radius 3 is 2.19 bits per heavy atom. The lowest BCUT2D eigenvalue weighted by Crippen LogP contribution is -2.60. The smallest absolute Gasteiger partial charge is 0.326 e. The van der Waals surface area contributed by atoms with Crippen molar-refractivity contribution in [2.24, 2.45) is 11.8 Å². The summed E-state index contributed by atoms with van der Waals surface area (Å²) < 4.78 is 22.9. The topological polar surface area (TPSA) is 183 Å². The van der Waals surface area contributed by atoms with Gasteiger partial charge in [-0.2, -0.15) is 0 Å². The van der Waals surface area contributed by atoms with Gasteiger partial charge in [0.2, 0.25) is 5.79 Å². The molecule has 0 aromatic carbocycles. The number of carboxylic acid groups (broad SMARTS) is 1. The van der Waals surface area contributed by atoms with Crippen LogP contribution in [0.3, 0.4) is 0 Å². The Kier molecular flexibility index (Phi) is 27.2. The molecule has 0 spiro atoms. The number of unbranched alkanes of at least 4 members (excludes halogenated alkanes) is 1. The molecule has 1 amide bonds. The Labute approximate surface area is 346 Å². The third-order valence-corrected chi connectivity index (χ3v) is 10.7. The van der Waals surface area contributed by atoms with E-state index in [1.54, 1.807) is 21.1 Å². The Bertz CT molecular complexity index is 1450. The van der Waals surface area contributed by atoms with E-state index in [9.17, 15) is 34.2 Å². The zero-order valence-electron chi connectivity index (χ0n) is 36.0. The van der Waals surface area contributed by atoms with Gasteiger partial charge in [-0.1, -0.05) is 63.6 Å². The van der Waals surface area contributed by atoms with Gasteiger partial charge in [0.05, 0.1) is 12.2 Å². The first-order chi connectivity index (χ1) is 27.7. The van der Waals surface area contributed by atoms with E-state index in [-0.39, 0.29) is 36.6 Å². The highest BCUT2D eigenvalue weighted by atomic mass is 16.6. The number of aliphatic hydroxyl groups is 1. The number of aliphatic carboxylic acids is 1. The number of hydrogen-bond donors (Lipinski definition) is 2. The van der Waals surface area contributed by atoms with E-state index in [0.717, 1.165) is 28.9 Å². The first-order valence-electron chi connectivity index (χ1n) is 20.1. The molecular formula is C45H69NO12. The monoisotopic (exact) mass is 815 g/mol. The average Bonchev–Trinajstić information content (AvgIpc) is 3.24. The lowest BCUT2D eigenvalue weighted by atomic mass is 9.85. The minimum absolute atomic E-state index is 0.0536. The van der Waals surface area contributed by atoms with Gasteiger partial charge in [-0.15, -0.1) is 12.8 Å². The highest BCUT2D eigenvalue weighted by Crippen LogP contribution is 2.36. The van der Waals surface area contributed by atoms with Gasteiger partial charge >= 0.3 is 5.97 Å². The number of allylic oxidation sites excluding steroid dienone is 6. The molecule has 0 saturated carbocycles. The second-order valence-corrected chi connectivity index (χ2v) is 14.8. The van der Waals surface area contributed by atoms with Crippen LogP contribution in [0, 0.1) is 24.7 Å². The van der Waals surface area contributed by atoms with Crippen LogP contribution in [-0.2, 0) is 47.7 Å². The predicted molar refractivity (Wildman–Crippen MR) is 223 cm³/mol. The minimum atomic E-state index is -2.36. The van der Waals surface area contributed by atoms with Gasteiger partial charge in [-0.05, 0) is 76.4 Å². The van der Waals surface area contributed by atoms with Crippen molar-refractivity contribution in [2.45, 2.75) is 148 Å². The summed E-state index contributed by atoms with van der Waals surface area (Å²) in [5.41, 5.74) is 1.69. The minimum Gasteiger partial charge on any atom is -0.480 e. The van der Waals surface area contributed by atoms with E-state index >= 15 is 0 Å². The van der Waals surface area contributed by atoms with Crippen LogP contribution in [0.4, 0.5) is 0 Å². The molecule has 326 valence electrons. The molecule has 2 rings (SSSR count). The number of carbonyl (C=O) groups excluding carboxylic acids is 5. The Morgan fingerprint density at radius 2 is 1.60 bits per heavy atom. The predicted octanol–water partition coefficient (Wildman–Crippen LogP) is 6.16. The highest BCUT2D eigenvalue weighted by Gasteiger charge is 2.52. The van der Waals surface area contributed by atoms with Crippen LogP contribution in [0.5, 0.6) is 0 Å². The van der Waals surface area contributed by atoms with Gasteiger partial charge in [-0.3, -0.25) is 19.2 Å². The third-order valence-electron chi connectivity index (χ3n) is 10.7. The van der Waals surface area contributed by atoms with Crippen LogP contribution in [0.1, 0.15) is 112 Å². The number of ether oxygens (including phenoxy) is 4. The maximum atomic E-state index is 13.4. The normalized spacial score (nSPS) is 23.4. The maximum absolute atomic E-state index is 13.4. The summed E-state index contributed by atoms with van der Waals surface area (Å²) in [7, 11) is 4.61. The molecule has 0 unspecified atom stereocenters. The molecule has 8 atom stereocenters. The van der Waals surface area contributed by atoms with E-state index in [4.69, 9.17) is 23.7 Å². The number of hydrogen-bond acceptors (Lipinski definition) is 11. The molecule has 0 aliphatic carbocycles. The molecule has 2 aliphatic heterocycles. The first-order valence-corrected chi connectivity index (χ1v) is 20.1. The number of carboxylic acids is 1. The number of terminal acetylenes is 1. The summed E-state index contributed by atoms with van der Waals surface area (Å²) >= 11 is 0. The van der Waals surface area contributed by atoms with Crippen molar-refractivity contribution in [1.29, 1.82) is 0 Å². The molecule has 58 heavy (non-hydrogen) atoms. The molecule has 0 aromatic heterocycles. The van der Waals surface area contributed by atoms with Gasteiger partial charge in [0.15, 0.2) is 5.78 Å². The Balaban J connectivity index is 0.00000786. The molecular weight excluding hydrogens is 746 g/mol. The van der Waals surface area contributed by atoms with Crippen molar-refractivity contribution in [2.75, 3.05) is 27.9 Å². The number of likely N-dealkylation sites (tertiary alicyclic amines) is 1. The Morgan fingerprint density at radius 1 is 0.948 bits per heavy atom. The van der Waals surface area contributed by atoms with Crippen molar-refractivity contribution in [3.63, 3.8) is 0 Å². The fourth-order valence-electron chi connectivity index (χ4n) is 7.05. The molecule has 2 aliphatic rings. The summed E-state index contributed by atoms with van der Waals surface area (Å²) in [5, 5.41) is 21.0. The van der Waals surface area contributed by atoms with Gasteiger partial charge in [0.25, 0.3) is 11.7 Å². The number of carbonyl (C=O) groups is 6. The number of ketones is 3. The number of nitrogens with zero attached hydrogens (tertiary/aromatic N) is 1. The molecule has 0 radical (unpaired) electrons. The Hall–Kier alpha value is -4.06. The van der Waals surface area contributed by atoms with E-state index in [1.165, 1.54) is 7.11 Å². The molecule has 2 saturated heterocycles. The van der Waals surface area contributed by atoms with Crippen LogP contribution in [0.15, 0.2) is 47.6 Å². The van der Waals surface area contributed by atoms with E-state index in [0.29, 0.717) is 57.8 Å². The molecule has 2 N–H and O–H groups in total. The van der Waals surface area contributed by atoms with Crippen molar-refractivity contribution in [3.8, 4) is 12.8 Å². The van der Waals surface area contributed by atoms with Gasteiger partial charge in [0.1, 0.15) is 30.8 Å². The van der Waals surface area contributed by atoms with Crippen LogP contribution in [-0.4, -0.2) is 115 Å². The van der Waals surface area contributed by atoms with Gasteiger partial charge in [0, 0.05) is 59.0 Å². The molecule has 13 nitrogen and oxygen atoms in total. The molecule has 13 heteroatoms. The van der Waals surface area contributed by atoms with Crippen molar-refractivity contribution >= 4 is 36.0 Å². The number of piperidine rings is 1. The third kappa shape index (κ3) is 16.7. The largest absolute Gasteiger partial charge is 0.480 e. The van der Waals surface area contributed by atoms with Crippen molar-refractivity contribution in [1.82, 2.24) is 4.90 Å². The average molecular weight is 816 g/mol. The SMILES string of the molecule is C#C.C=O.CCCCC(=O)C/C=C(\C)[C@@H](OC)[C@@H](OC)C(=O)[C@H](C)CC/C=C/C=C/C=C(\C)[C@H](C[C@H]1CC[C@@H](C)[C@](O)(C(=O)C(=O)N2CCCC[C@H]2C(=O)O)O1)OC. The number of rotatable bonds is 23. The zero-order valence-corrected chi connectivity index (χ0v) is 36.0.